The monoisotopic (exact) mass is 257 g/mol. The Morgan fingerprint density at radius 1 is 1.53 bits per heavy atom. The van der Waals surface area contributed by atoms with E-state index in [1.165, 1.54) is 6.07 Å². The van der Waals surface area contributed by atoms with Crippen molar-refractivity contribution in [2.45, 2.75) is 6.92 Å². The molecule has 0 spiro atoms. The van der Waals surface area contributed by atoms with Crippen molar-refractivity contribution in [2.75, 3.05) is 26.8 Å². The van der Waals surface area contributed by atoms with Crippen LogP contribution in [0.1, 0.15) is 12.5 Å². The number of methoxy groups -OCH3 is 1. The third kappa shape index (κ3) is 4.86. The highest BCUT2D eigenvalue weighted by Crippen LogP contribution is 2.21. The topological polar surface area (TPSA) is 21.3 Å². The Hall–Kier alpha value is -0.900. The summed E-state index contributed by atoms with van der Waals surface area (Å²) >= 11 is 5.93. The highest BCUT2D eigenvalue weighted by Gasteiger charge is 2.03. The van der Waals surface area contributed by atoms with E-state index < -0.39 is 0 Å². The molecule has 0 amide bonds. The van der Waals surface area contributed by atoms with Crippen molar-refractivity contribution in [3.63, 3.8) is 0 Å². The van der Waals surface area contributed by atoms with Crippen molar-refractivity contribution in [3.8, 4) is 0 Å². The van der Waals surface area contributed by atoms with Crippen molar-refractivity contribution in [1.29, 1.82) is 0 Å². The lowest BCUT2D eigenvalue weighted by molar-refractivity contribution is 0.200. The van der Waals surface area contributed by atoms with Gasteiger partial charge in [0.25, 0.3) is 0 Å². The summed E-state index contributed by atoms with van der Waals surface area (Å²) in [6.07, 6.45) is 1.76. The molecule has 0 saturated heterocycles. The molecule has 0 aromatic heterocycles. The molecule has 1 aromatic rings. The minimum atomic E-state index is -0.297. The molecule has 0 unspecified atom stereocenters. The summed E-state index contributed by atoms with van der Waals surface area (Å²) in [4.78, 5) is 0. The summed E-state index contributed by atoms with van der Waals surface area (Å²) in [5.41, 5.74) is 1.47. The average Bonchev–Trinajstić information content (AvgIpc) is 2.30. The van der Waals surface area contributed by atoms with Crippen LogP contribution in [0.3, 0.4) is 0 Å². The first-order chi connectivity index (χ1) is 8.15. The first-order valence-corrected chi connectivity index (χ1v) is 5.83. The van der Waals surface area contributed by atoms with Crippen molar-refractivity contribution in [3.05, 3.63) is 40.2 Å². The van der Waals surface area contributed by atoms with Gasteiger partial charge in [0.2, 0.25) is 0 Å². The largest absolute Gasteiger partial charge is 0.383 e. The van der Waals surface area contributed by atoms with Crippen LogP contribution in [0.4, 0.5) is 4.39 Å². The second-order valence-electron chi connectivity index (χ2n) is 3.80. The Morgan fingerprint density at radius 2 is 2.29 bits per heavy atom. The quantitative estimate of drug-likeness (QED) is 0.791. The summed E-state index contributed by atoms with van der Waals surface area (Å²) in [5.74, 6) is -0.297. The van der Waals surface area contributed by atoms with Crippen molar-refractivity contribution < 1.29 is 9.13 Å². The summed E-state index contributed by atoms with van der Waals surface area (Å²) in [6, 6.07) is 4.69. The molecule has 0 aliphatic heterocycles. The van der Waals surface area contributed by atoms with E-state index >= 15 is 0 Å². The number of benzene rings is 1. The molecule has 4 heteroatoms. The first kappa shape index (κ1) is 14.2. The van der Waals surface area contributed by atoms with Crippen LogP contribution in [0.5, 0.6) is 0 Å². The van der Waals surface area contributed by atoms with Gasteiger partial charge in [0.05, 0.1) is 11.6 Å². The number of hydrogen-bond acceptors (Lipinski definition) is 2. The van der Waals surface area contributed by atoms with Crippen LogP contribution in [0.25, 0.3) is 6.08 Å². The summed E-state index contributed by atoms with van der Waals surface area (Å²) in [7, 11) is 1.66. The average molecular weight is 258 g/mol. The molecule has 0 radical (unpaired) electrons. The molecule has 1 rings (SSSR count). The van der Waals surface area contributed by atoms with Gasteiger partial charge in [0, 0.05) is 25.8 Å². The van der Waals surface area contributed by atoms with Crippen LogP contribution < -0.4 is 5.32 Å². The zero-order valence-electron chi connectivity index (χ0n) is 10.1. The van der Waals surface area contributed by atoms with Crippen molar-refractivity contribution in [2.24, 2.45) is 0 Å². The first-order valence-electron chi connectivity index (χ1n) is 5.46. The van der Waals surface area contributed by atoms with Crippen molar-refractivity contribution in [1.82, 2.24) is 5.32 Å². The Bertz CT molecular complexity index is 373. The number of ether oxygens (including phenoxy) is 1. The van der Waals surface area contributed by atoms with Crippen LogP contribution in [0.15, 0.2) is 23.8 Å². The zero-order chi connectivity index (χ0) is 12.7. The third-order valence-electron chi connectivity index (χ3n) is 2.28. The fourth-order valence-electron chi connectivity index (χ4n) is 1.41. The SMILES string of the molecule is COCCNCC(C)=Cc1c(F)cccc1Cl. The lowest BCUT2D eigenvalue weighted by atomic mass is 10.1. The van der Waals surface area contributed by atoms with Gasteiger partial charge in [0.15, 0.2) is 0 Å². The van der Waals surface area contributed by atoms with Crippen LogP contribution in [-0.4, -0.2) is 26.8 Å². The molecule has 0 heterocycles. The standard InChI is InChI=1S/C13H17ClFNO/c1-10(9-16-6-7-17-2)8-11-12(14)4-3-5-13(11)15/h3-5,8,16H,6-7,9H2,1-2H3. The van der Waals surface area contributed by atoms with Gasteiger partial charge in [-0.2, -0.15) is 0 Å². The maximum Gasteiger partial charge on any atom is 0.131 e. The zero-order valence-corrected chi connectivity index (χ0v) is 10.9. The van der Waals surface area contributed by atoms with E-state index in [1.807, 2.05) is 6.92 Å². The van der Waals surface area contributed by atoms with E-state index in [0.29, 0.717) is 23.7 Å². The minimum absolute atomic E-state index is 0.297. The fraction of sp³-hybridized carbons (Fsp3) is 0.385. The summed E-state index contributed by atoms with van der Waals surface area (Å²) in [6.45, 7) is 4.05. The molecule has 0 atom stereocenters. The highest BCUT2D eigenvalue weighted by atomic mass is 35.5. The molecule has 0 aliphatic carbocycles. The van der Waals surface area contributed by atoms with Gasteiger partial charge < -0.3 is 10.1 Å². The molecule has 0 aliphatic rings. The van der Waals surface area contributed by atoms with Gasteiger partial charge >= 0.3 is 0 Å². The third-order valence-corrected chi connectivity index (χ3v) is 2.61. The van der Waals surface area contributed by atoms with Gasteiger partial charge in [0.1, 0.15) is 5.82 Å². The maximum absolute atomic E-state index is 13.5. The normalized spacial score (nSPS) is 11.9. The predicted octanol–water partition coefficient (Wildman–Crippen LogP) is 3.12. The number of hydrogen-bond donors (Lipinski definition) is 1. The van der Waals surface area contributed by atoms with Gasteiger partial charge in [-0.1, -0.05) is 29.3 Å². The Morgan fingerprint density at radius 3 is 2.94 bits per heavy atom. The Balaban J connectivity index is 2.61. The van der Waals surface area contributed by atoms with Crippen LogP contribution >= 0.6 is 11.6 Å². The van der Waals surface area contributed by atoms with Crippen molar-refractivity contribution >= 4 is 17.7 Å². The summed E-state index contributed by atoms with van der Waals surface area (Å²) in [5, 5.41) is 3.62. The Labute approximate surface area is 106 Å². The van der Waals surface area contributed by atoms with Crippen LogP contribution in [-0.2, 0) is 4.74 Å². The number of halogens is 2. The molecular formula is C13H17ClFNO. The molecule has 94 valence electrons. The number of rotatable bonds is 6. The van der Waals surface area contributed by atoms with Gasteiger partial charge in [-0.15, -0.1) is 0 Å². The predicted molar refractivity (Wildman–Crippen MR) is 69.8 cm³/mol. The Kier molecular flexibility index (Phi) is 6.19. The minimum Gasteiger partial charge on any atom is -0.383 e. The van der Waals surface area contributed by atoms with E-state index in [0.717, 1.165) is 12.1 Å². The molecule has 0 saturated carbocycles. The molecule has 1 N–H and O–H groups in total. The van der Waals surface area contributed by atoms with E-state index in [4.69, 9.17) is 16.3 Å². The lowest BCUT2D eigenvalue weighted by Gasteiger charge is -2.06. The van der Waals surface area contributed by atoms with E-state index in [1.54, 1.807) is 25.3 Å². The fourth-order valence-corrected chi connectivity index (χ4v) is 1.62. The molecule has 2 nitrogen and oxygen atoms in total. The molecule has 0 fully saturated rings. The highest BCUT2D eigenvalue weighted by molar-refractivity contribution is 6.32. The molecular weight excluding hydrogens is 241 g/mol. The van der Waals surface area contributed by atoms with E-state index in [9.17, 15) is 4.39 Å². The van der Waals surface area contributed by atoms with E-state index in [2.05, 4.69) is 5.32 Å². The van der Waals surface area contributed by atoms with Crippen LogP contribution in [0.2, 0.25) is 5.02 Å². The lowest BCUT2D eigenvalue weighted by Crippen LogP contribution is -2.20. The number of nitrogens with one attached hydrogen (secondary N) is 1. The second kappa shape index (κ2) is 7.43. The van der Waals surface area contributed by atoms with E-state index in [-0.39, 0.29) is 5.82 Å². The van der Waals surface area contributed by atoms with Gasteiger partial charge in [-0.3, -0.25) is 0 Å². The van der Waals surface area contributed by atoms with Gasteiger partial charge in [-0.05, 0) is 19.1 Å². The molecule has 0 bridgehead atoms. The summed E-state index contributed by atoms with van der Waals surface area (Å²) < 4.78 is 18.4. The van der Waals surface area contributed by atoms with Gasteiger partial charge in [-0.25, -0.2) is 4.39 Å². The molecule has 17 heavy (non-hydrogen) atoms. The van der Waals surface area contributed by atoms with Crippen LogP contribution in [0, 0.1) is 5.82 Å². The maximum atomic E-state index is 13.5. The smallest absolute Gasteiger partial charge is 0.131 e. The molecule has 1 aromatic carbocycles. The second-order valence-corrected chi connectivity index (χ2v) is 4.20.